The van der Waals surface area contributed by atoms with Gasteiger partial charge in [0.05, 0.1) is 37.8 Å². The summed E-state index contributed by atoms with van der Waals surface area (Å²) >= 11 is 1.92. The zero-order chi connectivity index (χ0) is 36.1. The predicted molar refractivity (Wildman–Crippen MR) is 230 cm³/mol. The molecule has 0 saturated heterocycles. The summed E-state index contributed by atoms with van der Waals surface area (Å²) < 4.78 is 10.2. The van der Waals surface area contributed by atoms with Crippen LogP contribution in [0.5, 0.6) is 0 Å². The molecule has 260 valence electrons. The van der Waals surface area contributed by atoms with E-state index in [0.29, 0.717) is 17.8 Å². The van der Waals surface area contributed by atoms with E-state index in [1.165, 1.54) is 92.1 Å². The fourth-order valence-electron chi connectivity index (χ4n) is 8.56. The van der Waals surface area contributed by atoms with Gasteiger partial charge in [-0.2, -0.15) is 0 Å². The second-order valence-electron chi connectivity index (χ2n) is 15.6. The van der Waals surface area contributed by atoms with Gasteiger partial charge in [-0.05, 0) is 89.0 Å². The summed E-state index contributed by atoms with van der Waals surface area (Å²) in [7, 11) is 0. The van der Waals surface area contributed by atoms with Crippen LogP contribution in [0.1, 0.15) is 76.0 Å². The van der Waals surface area contributed by atoms with E-state index >= 15 is 0 Å². The van der Waals surface area contributed by atoms with Crippen LogP contribution in [0, 0.1) is 0 Å². The first kappa shape index (κ1) is 32.1. The molecule has 0 aliphatic heterocycles. The number of hydrogen-bond donors (Lipinski definition) is 0. The van der Waals surface area contributed by atoms with E-state index in [1.807, 2.05) is 11.3 Å². The average Bonchev–Trinajstić information content (AvgIpc) is 3.90. The number of nitrogens with zero attached hydrogens (tertiary/aromatic N) is 3. The van der Waals surface area contributed by atoms with Crippen molar-refractivity contribution < 1.29 is 0 Å². The Hall–Kier alpha value is -5.58. The molecular weight excluding hydrogens is 663 g/mol. The quantitative estimate of drug-likeness (QED) is 0.164. The summed E-state index contributed by atoms with van der Waals surface area (Å²) in [6.07, 6.45) is 0. The molecule has 4 aromatic heterocycles. The first-order valence-electron chi connectivity index (χ1n) is 19.0. The Kier molecular flexibility index (Phi) is 7.25. The van der Waals surface area contributed by atoms with Gasteiger partial charge in [-0.25, -0.2) is 0 Å². The number of aromatic nitrogens is 3. The van der Waals surface area contributed by atoms with Gasteiger partial charge in [0.25, 0.3) is 0 Å². The van der Waals surface area contributed by atoms with Gasteiger partial charge in [-0.3, -0.25) is 0 Å². The Balaban J connectivity index is 1.27. The van der Waals surface area contributed by atoms with E-state index < -0.39 is 0 Å². The number of thiophene rings is 1. The van der Waals surface area contributed by atoms with Crippen LogP contribution in [-0.2, 0) is 0 Å². The predicted octanol–water partition coefficient (Wildman–Crippen LogP) is 14.4. The lowest BCUT2D eigenvalue weighted by Gasteiger charge is -2.16. The Labute approximate surface area is 314 Å². The molecule has 0 spiro atoms. The molecule has 4 heterocycles. The molecule has 0 unspecified atom stereocenters. The van der Waals surface area contributed by atoms with Crippen molar-refractivity contribution in [3.05, 3.63) is 150 Å². The first-order valence-corrected chi connectivity index (χ1v) is 19.8. The molecule has 10 aromatic rings. The molecule has 10 rings (SSSR count). The summed E-state index contributed by atoms with van der Waals surface area (Å²) in [6, 6.07) is 50.3. The normalized spacial score (nSPS) is 12.5. The molecule has 0 saturated carbocycles. The smallest absolute Gasteiger partial charge is 0.0803 e. The molecule has 0 radical (unpaired) electrons. The maximum atomic E-state index is 2.52. The third-order valence-corrected chi connectivity index (χ3v) is 12.5. The third-order valence-electron chi connectivity index (χ3n) is 11.3. The van der Waals surface area contributed by atoms with Crippen molar-refractivity contribution in [3.8, 4) is 17.1 Å². The van der Waals surface area contributed by atoms with Crippen LogP contribution < -0.4 is 0 Å². The topological polar surface area (TPSA) is 14.8 Å². The summed E-state index contributed by atoms with van der Waals surface area (Å²) in [5.41, 5.74) is 15.2. The molecule has 0 N–H and O–H groups in total. The van der Waals surface area contributed by atoms with Crippen LogP contribution in [-0.4, -0.2) is 13.7 Å². The van der Waals surface area contributed by atoms with Crippen LogP contribution in [0.15, 0.2) is 133 Å². The molecule has 4 heteroatoms. The fourth-order valence-corrected chi connectivity index (χ4v) is 9.83. The molecular formula is C49H43N3S. The highest BCUT2D eigenvalue weighted by molar-refractivity contribution is 7.26. The minimum absolute atomic E-state index is 0.433. The van der Waals surface area contributed by atoms with E-state index in [0.717, 1.165) is 5.69 Å². The lowest BCUT2D eigenvalue weighted by Crippen LogP contribution is -2.00. The molecule has 0 amide bonds. The Morgan fingerprint density at radius 1 is 0.377 bits per heavy atom. The lowest BCUT2D eigenvalue weighted by molar-refractivity contribution is 0.830. The highest BCUT2D eigenvalue weighted by Crippen LogP contribution is 2.45. The van der Waals surface area contributed by atoms with Gasteiger partial charge in [0.15, 0.2) is 0 Å². The van der Waals surface area contributed by atoms with Crippen molar-refractivity contribution in [2.75, 3.05) is 0 Å². The van der Waals surface area contributed by atoms with Gasteiger partial charge in [-0.1, -0.05) is 120 Å². The van der Waals surface area contributed by atoms with Crippen LogP contribution in [0.25, 0.3) is 81.1 Å². The molecule has 6 aromatic carbocycles. The van der Waals surface area contributed by atoms with Crippen LogP contribution in [0.4, 0.5) is 0 Å². The Bertz CT molecular complexity index is 3020. The highest BCUT2D eigenvalue weighted by Gasteiger charge is 2.24. The van der Waals surface area contributed by atoms with Crippen molar-refractivity contribution in [3.63, 3.8) is 0 Å². The largest absolute Gasteiger partial charge is 0.308 e. The van der Waals surface area contributed by atoms with Crippen LogP contribution in [0.3, 0.4) is 0 Å². The van der Waals surface area contributed by atoms with E-state index in [-0.39, 0.29) is 0 Å². The summed E-state index contributed by atoms with van der Waals surface area (Å²) in [4.78, 5) is 0. The molecule has 0 bridgehead atoms. The zero-order valence-electron chi connectivity index (χ0n) is 31.2. The van der Waals surface area contributed by atoms with Gasteiger partial charge < -0.3 is 13.7 Å². The molecule has 3 nitrogen and oxygen atoms in total. The lowest BCUT2D eigenvalue weighted by atomic mass is 9.95. The first-order chi connectivity index (χ1) is 25.8. The van der Waals surface area contributed by atoms with Crippen molar-refractivity contribution in [2.24, 2.45) is 0 Å². The monoisotopic (exact) mass is 705 g/mol. The minimum Gasteiger partial charge on any atom is -0.308 e. The summed E-state index contributed by atoms with van der Waals surface area (Å²) in [5.74, 6) is 1.36. The second kappa shape index (κ2) is 12.0. The molecule has 0 aliphatic carbocycles. The SMILES string of the molecule is CC(C)c1cc(C(C)C)cc(-n2c3ccccc3c3c2c2ccccc2n3-c2cccc(-n3c4ccccc4c4sc5cc(C(C)C)ccc5c43)c2)c1. The van der Waals surface area contributed by atoms with E-state index in [1.54, 1.807) is 0 Å². The molecule has 0 fully saturated rings. The van der Waals surface area contributed by atoms with Crippen molar-refractivity contribution in [2.45, 2.75) is 59.3 Å². The summed E-state index contributed by atoms with van der Waals surface area (Å²) in [6.45, 7) is 13.8. The third kappa shape index (κ3) is 4.78. The molecule has 0 atom stereocenters. The van der Waals surface area contributed by atoms with Gasteiger partial charge in [0, 0.05) is 43.3 Å². The van der Waals surface area contributed by atoms with Gasteiger partial charge in [0.1, 0.15) is 0 Å². The molecule has 0 aliphatic rings. The number of para-hydroxylation sites is 3. The van der Waals surface area contributed by atoms with Gasteiger partial charge in [-0.15, -0.1) is 11.3 Å². The number of rotatable bonds is 6. The Morgan fingerprint density at radius 3 is 1.43 bits per heavy atom. The van der Waals surface area contributed by atoms with Gasteiger partial charge >= 0.3 is 0 Å². The number of fused-ring (bicyclic) bond motifs is 10. The van der Waals surface area contributed by atoms with E-state index in [4.69, 9.17) is 0 Å². The fraction of sp³-hybridized carbons (Fsp3) is 0.184. The van der Waals surface area contributed by atoms with Crippen molar-refractivity contribution in [1.82, 2.24) is 13.7 Å². The maximum Gasteiger partial charge on any atom is 0.0803 e. The number of hydrogen-bond acceptors (Lipinski definition) is 1. The second-order valence-corrected chi connectivity index (χ2v) is 16.7. The van der Waals surface area contributed by atoms with E-state index in [9.17, 15) is 0 Å². The standard InChI is InChI=1S/C49H43N3S/c1-29(2)32-22-23-41-45(27-32)53-49-40-18-9-12-21-44(40)51(48(41)49)36-15-13-14-35(28-36)50-42-19-10-7-16-38(42)47-46(50)39-17-8-11-20-43(39)52(47)37-25-33(30(3)4)24-34(26-37)31(5)6/h7-31H,1-6H3. The average molecular weight is 706 g/mol. The number of benzene rings is 6. The minimum atomic E-state index is 0.433. The highest BCUT2D eigenvalue weighted by atomic mass is 32.1. The molecule has 53 heavy (non-hydrogen) atoms. The summed E-state index contributed by atoms with van der Waals surface area (Å²) in [5, 5.41) is 5.13. The maximum absolute atomic E-state index is 2.52. The van der Waals surface area contributed by atoms with Crippen molar-refractivity contribution >= 4 is 75.4 Å². The van der Waals surface area contributed by atoms with E-state index in [2.05, 4.69) is 189 Å². The van der Waals surface area contributed by atoms with Gasteiger partial charge in [0.2, 0.25) is 0 Å². The Morgan fingerprint density at radius 2 is 0.868 bits per heavy atom. The zero-order valence-corrected chi connectivity index (χ0v) is 32.0. The van der Waals surface area contributed by atoms with Crippen LogP contribution >= 0.6 is 11.3 Å². The van der Waals surface area contributed by atoms with Crippen LogP contribution in [0.2, 0.25) is 0 Å². The van der Waals surface area contributed by atoms with Crippen molar-refractivity contribution in [1.29, 1.82) is 0 Å².